The van der Waals surface area contributed by atoms with Crippen molar-refractivity contribution in [3.8, 4) is 5.69 Å². The first-order valence-electron chi connectivity index (χ1n) is 13.5. The van der Waals surface area contributed by atoms with Crippen molar-refractivity contribution in [1.82, 2.24) is 24.6 Å². The van der Waals surface area contributed by atoms with Crippen LogP contribution in [0.3, 0.4) is 0 Å². The highest BCUT2D eigenvalue weighted by Crippen LogP contribution is 2.30. The van der Waals surface area contributed by atoms with Crippen LogP contribution in [0.4, 0.5) is 11.5 Å². The zero-order chi connectivity index (χ0) is 27.5. The number of para-hydroxylation sites is 1. The summed E-state index contributed by atoms with van der Waals surface area (Å²) in [6.45, 7) is 8.19. The number of nitro benzene ring substituents is 1. The van der Waals surface area contributed by atoms with Gasteiger partial charge in [0, 0.05) is 49.8 Å². The number of aryl methyl sites for hydroxylation is 3. The number of nitrogens with zero attached hydrogens (tertiary/aromatic N) is 7. The fourth-order valence-corrected chi connectivity index (χ4v) is 5.08. The molecule has 39 heavy (non-hydrogen) atoms. The lowest BCUT2D eigenvalue weighted by Gasteiger charge is -2.24. The first-order chi connectivity index (χ1) is 18.9. The SMILES string of the molecule is CCCCc1nc(N2CCCN(C(=O)c3ccc(C)c([N+](=O)[O-])c3)CC2)c2c(C)nn(-c3ccccc3)c2n1. The molecule has 0 saturated carbocycles. The zero-order valence-corrected chi connectivity index (χ0v) is 22.6. The highest BCUT2D eigenvalue weighted by atomic mass is 16.6. The number of aromatic nitrogens is 4. The number of amides is 1. The summed E-state index contributed by atoms with van der Waals surface area (Å²) >= 11 is 0. The van der Waals surface area contributed by atoms with Crippen molar-refractivity contribution in [2.45, 2.75) is 46.5 Å². The van der Waals surface area contributed by atoms with E-state index in [2.05, 4.69) is 11.8 Å². The van der Waals surface area contributed by atoms with E-state index in [-0.39, 0.29) is 11.6 Å². The van der Waals surface area contributed by atoms with Gasteiger partial charge in [0.2, 0.25) is 0 Å². The predicted molar refractivity (Wildman–Crippen MR) is 151 cm³/mol. The van der Waals surface area contributed by atoms with E-state index >= 15 is 0 Å². The number of carbonyl (C=O) groups is 1. The van der Waals surface area contributed by atoms with Crippen molar-refractivity contribution in [2.24, 2.45) is 0 Å². The Labute approximate surface area is 227 Å². The molecule has 2 aromatic carbocycles. The third kappa shape index (κ3) is 5.32. The minimum atomic E-state index is -0.440. The van der Waals surface area contributed by atoms with E-state index in [9.17, 15) is 14.9 Å². The maximum atomic E-state index is 13.3. The first-order valence-corrected chi connectivity index (χ1v) is 13.5. The molecule has 0 unspecified atom stereocenters. The summed E-state index contributed by atoms with van der Waals surface area (Å²) in [5, 5.41) is 17.2. The number of fused-ring (bicyclic) bond motifs is 1. The van der Waals surface area contributed by atoms with Gasteiger partial charge in [-0.25, -0.2) is 14.6 Å². The van der Waals surface area contributed by atoms with Crippen molar-refractivity contribution in [1.29, 1.82) is 0 Å². The van der Waals surface area contributed by atoms with Crippen molar-refractivity contribution < 1.29 is 9.72 Å². The van der Waals surface area contributed by atoms with Gasteiger partial charge in [-0.3, -0.25) is 14.9 Å². The van der Waals surface area contributed by atoms with E-state index in [4.69, 9.17) is 15.1 Å². The van der Waals surface area contributed by atoms with Crippen LogP contribution in [-0.4, -0.2) is 61.7 Å². The van der Waals surface area contributed by atoms with Crippen LogP contribution in [0.15, 0.2) is 48.5 Å². The van der Waals surface area contributed by atoms with E-state index < -0.39 is 4.92 Å². The average Bonchev–Trinajstić information content (AvgIpc) is 3.10. The molecule has 10 heteroatoms. The monoisotopic (exact) mass is 527 g/mol. The van der Waals surface area contributed by atoms with E-state index in [1.165, 1.54) is 6.07 Å². The molecular weight excluding hydrogens is 494 g/mol. The summed E-state index contributed by atoms with van der Waals surface area (Å²) in [7, 11) is 0. The molecule has 202 valence electrons. The Kier molecular flexibility index (Phi) is 7.53. The third-order valence-corrected chi connectivity index (χ3v) is 7.22. The summed E-state index contributed by atoms with van der Waals surface area (Å²) in [5.41, 5.74) is 3.44. The normalized spacial score (nSPS) is 14.0. The predicted octanol–water partition coefficient (Wildman–Crippen LogP) is 5.04. The van der Waals surface area contributed by atoms with Gasteiger partial charge in [-0.1, -0.05) is 37.6 Å². The van der Waals surface area contributed by atoms with Gasteiger partial charge in [-0.15, -0.1) is 0 Å². The zero-order valence-electron chi connectivity index (χ0n) is 22.6. The fraction of sp³-hybridized carbons (Fsp3) is 0.379. The molecule has 0 atom stereocenters. The van der Waals surface area contributed by atoms with E-state index in [0.717, 1.165) is 66.3 Å². The van der Waals surface area contributed by atoms with Gasteiger partial charge in [-0.2, -0.15) is 5.10 Å². The van der Waals surface area contributed by atoms with Crippen molar-refractivity contribution in [3.63, 3.8) is 0 Å². The minimum Gasteiger partial charge on any atom is -0.354 e. The summed E-state index contributed by atoms with van der Waals surface area (Å²) in [6, 6.07) is 14.7. The molecule has 5 rings (SSSR count). The molecule has 2 aromatic heterocycles. The van der Waals surface area contributed by atoms with Gasteiger partial charge in [0.1, 0.15) is 11.6 Å². The van der Waals surface area contributed by atoms with Crippen LogP contribution in [0.2, 0.25) is 0 Å². The van der Waals surface area contributed by atoms with E-state index in [1.54, 1.807) is 24.0 Å². The lowest BCUT2D eigenvalue weighted by molar-refractivity contribution is -0.385. The molecule has 3 heterocycles. The van der Waals surface area contributed by atoms with E-state index in [0.29, 0.717) is 30.8 Å². The van der Waals surface area contributed by atoms with Crippen molar-refractivity contribution >= 4 is 28.4 Å². The molecule has 4 aromatic rings. The molecule has 1 amide bonds. The maximum absolute atomic E-state index is 13.3. The van der Waals surface area contributed by atoms with Crippen LogP contribution in [0.5, 0.6) is 0 Å². The van der Waals surface area contributed by atoms with Gasteiger partial charge in [0.25, 0.3) is 11.6 Å². The Bertz CT molecular complexity index is 1520. The summed E-state index contributed by atoms with van der Waals surface area (Å²) in [6.07, 6.45) is 3.57. The molecule has 0 aliphatic carbocycles. The van der Waals surface area contributed by atoms with Crippen molar-refractivity contribution in [2.75, 3.05) is 31.1 Å². The van der Waals surface area contributed by atoms with Gasteiger partial charge in [-0.05, 0) is 44.9 Å². The Hall–Kier alpha value is -4.34. The summed E-state index contributed by atoms with van der Waals surface area (Å²) in [4.78, 5) is 38.3. The fourth-order valence-electron chi connectivity index (χ4n) is 5.08. The quantitative estimate of drug-likeness (QED) is 0.245. The van der Waals surface area contributed by atoms with Gasteiger partial charge >= 0.3 is 0 Å². The lowest BCUT2D eigenvalue weighted by atomic mass is 10.1. The highest BCUT2D eigenvalue weighted by molar-refractivity contribution is 5.95. The molecule has 10 nitrogen and oxygen atoms in total. The molecule has 1 fully saturated rings. The van der Waals surface area contributed by atoms with Gasteiger partial charge in [0.15, 0.2) is 5.65 Å². The molecule has 1 aliphatic heterocycles. The Morgan fingerprint density at radius 2 is 1.82 bits per heavy atom. The highest BCUT2D eigenvalue weighted by Gasteiger charge is 2.26. The van der Waals surface area contributed by atoms with Crippen LogP contribution in [0, 0.1) is 24.0 Å². The van der Waals surface area contributed by atoms with Crippen LogP contribution < -0.4 is 4.90 Å². The van der Waals surface area contributed by atoms with Crippen LogP contribution in [0.25, 0.3) is 16.7 Å². The number of hydrogen-bond donors (Lipinski definition) is 0. The van der Waals surface area contributed by atoms with Crippen LogP contribution >= 0.6 is 0 Å². The standard InChI is InChI=1S/C29H33N7O3/c1-4-5-12-25-30-27(26-21(3)32-35(28(26)31-25)23-10-7-6-8-11-23)33-15-9-16-34(18-17-33)29(37)22-14-13-20(2)24(19-22)36(38)39/h6-8,10-11,13-14,19H,4-5,9,12,15-18H2,1-3H3. The largest absolute Gasteiger partial charge is 0.354 e. The average molecular weight is 528 g/mol. The topological polar surface area (TPSA) is 110 Å². The molecule has 0 bridgehead atoms. The van der Waals surface area contributed by atoms with Crippen LogP contribution in [0.1, 0.15) is 53.6 Å². The molecule has 0 spiro atoms. The van der Waals surface area contributed by atoms with E-state index in [1.807, 2.05) is 41.9 Å². The minimum absolute atomic E-state index is 0.0359. The second kappa shape index (κ2) is 11.2. The summed E-state index contributed by atoms with van der Waals surface area (Å²) in [5.74, 6) is 1.45. The van der Waals surface area contributed by atoms with Gasteiger partial charge < -0.3 is 9.80 Å². The number of benzene rings is 2. The molecular formula is C29H33N7O3. The number of nitro groups is 1. The number of unbranched alkanes of at least 4 members (excludes halogenated alkanes) is 1. The maximum Gasteiger partial charge on any atom is 0.273 e. The smallest absolute Gasteiger partial charge is 0.273 e. The second-order valence-corrected chi connectivity index (χ2v) is 9.99. The number of rotatable bonds is 7. The van der Waals surface area contributed by atoms with Crippen molar-refractivity contribution in [3.05, 3.63) is 81.3 Å². The lowest BCUT2D eigenvalue weighted by Crippen LogP contribution is -2.35. The number of carbonyl (C=O) groups excluding carboxylic acids is 1. The Morgan fingerprint density at radius 3 is 2.56 bits per heavy atom. The Balaban J connectivity index is 1.47. The van der Waals surface area contributed by atoms with Gasteiger partial charge in [0.05, 0.1) is 21.7 Å². The second-order valence-electron chi connectivity index (χ2n) is 9.99. The molecule has 0 N–H and O–H groups in total. The number of hydrogen-bond acceptors (Lipinski definition) is 7. The molecule has 1 saturated heterocycles. The van der Waals surface area contributed by atoms with Crippen LogP contribution in [-0.2, 0) is 6.42 Å². The number of anilines is 1. The summed E-state index contributed by atoms with van der Waals surface area (Å²) < 4.78 is 1.89. The molecule has 0 radical (unpaired) electrons. The third-order valence-electron chi connectivity index (χ3n) is 7.22. The Morgan fingerprint density at radius 1 is 1.03 bits per heavy atom. The molecule has 1 aliphatic rings. The first kappa shape index (κ1) is 26.3.